The Hall–Kier alpha value is -3.52. The summed E-state index contributed by atoms with van der Waals surface area (Å²) in [6, 6.07) is 12.0. The average Bonchev–Trinajstić information content (AvgIpc) is 3.21. The molecule has 178 valence electrons. The predicted molar refractivity (Wildman–Crippen MR) is 125 cm³/mol. The van der Waals surface area contributed by atoms with E-state index in [0.29, 0.717) is 30.8 Å². The molecule has 2 aromatic rings. The fourth-order valence-corrected chi connectivity index (χ4v) is 4.82. The van der Waals surface area contributed by atoms with Crippen LogP contribution in [-0.4, -0.2) is 54.4 Å². The number of ether oxygens (including phenoxy) is 1. The summed E-state index contributed by atoms with van der Waals surface area (Å²) in [6.45, 7) is 2.83. The zero-order valence-electron chi connectivity index (χ0n) is 19.2. The van der Waals surface area contributed by atoms with Crippen molar-refractivity contribution < 1.29 is 28.6 Å². The highest BCUT2D eigenvalue weighted by molar-refractivity contribution is 6.50. The van der Waals surface area contributed by atoms with Crippen molar-refractivity contribution in [1.29, 1.82) is 0 Å². The summed E-state index contributed by atoms with van der Waals surface area (Å²) in [5.41, 5.74) is -0.878. The number of hydrogen-bond donors (Lipinski definition) is 1. The maximum Gasteiger partial charge on any atom is 0.296 e. The van der Waals surface area contributed by atoms with Gasteiger partial charge in [-0.25, -0.2) is 4.39 Å². The van der Waals surface area contributed by atoms with E-state index in [1.807, 2.05) is 6.92 Å². The molecule has 0 bridgehead atoms. The zero-order chi connectivity index (χ0) is 24.5. The Morgan fingerprint density at radius 2 is 1.74 bits per heavy atom. The lowest BCUT2D eigenvalue weighted by molar-refractivity contribution is -0.143. The number of unbranched alkanes of at least 4 members (excludes halogenated alkanes) is 1. The lowest BCUT2D eigenvalue weighted by Gasteiger charge is -2.34. The second kappa shape index (κ2) is 9.38. The van der Waals surface area contributed by atoms with Crippen molar-refractivity contribution in [1.82, 2.24) is 4.90 Å². The first-order valence-corrected chi connectivity index (χ1v) is 11.4. The predicted octanol–water partition coefficient (Wildman–Crippen LogP) is 3.58. The van der Waals surface area contributed by atoms with Gasteiger partial charge in [-0.05, 0) is 43.2 Å². The van der Waals surface area contributed by atoms with E-state index in [9.17, 15) is 23.9 Å². The maximum atomic E-state index is 14.2. The standard InChI is InChI=1S/C26H27FN2O5/c1-3-4-14-28-20-9-6-5-8-19(20)26(25(28)33)21(22(30)17-10-12-18(27)13-11-17)23(31)24(32)29(26)15-7-16-34-2/h5-6,8-13,30H,3-4,7,14-16H2,1-2H3/b22-21-. The second-order valence-corrected chi connectivity index (χ2v) is 8.40. The third-order valence-electron chi connectivity index (χ3n) is 6.39. The van der Waals surface area contributed by atoms with Gasteiger partial charge in [0.1, 0.15) is 11.6 Å². The van der Waals surface area contributed by atoms with E-state index >= 15 is 0 Å². The molecule has 34 heavy (non-hydrogen) atoms. The Balaban J connectivity index is 1.99. The van der Waals surface area contributed by atoms with Gasteiger partial charge in [0.2, 0.25) is 0 Å². The van der Waals surface area contributed by atoms with Gasteiger partial charge >= 0.3 is 0 Å². The number of amides is 2. The fraction of sp³-hybridized carbons (Fsp3) is 0.346. The van der Waals surface area contributed by atoms with Gasteiger partial charge in [-0.15, -0.1) is 0 Å². The number of ketones is 1. The van der Waals surface area contributed by atoms with Crippen molar-refractivity contribution in [2.24, 2.45) is 0 Å². The zero-order valence-corrected chi connectivity index (χ0v) is 19.2. The van der Waals surface area contributed by atoms with E-state index in [-0.39, 0.29) is 17.7 Å². The molecule has 8 heteroatoms. The van der Waals surface area contributed by atoms with Crippen LogP contribution in [0.15, 0.2) is 54.1 Å². The molecule has 2 amide bonds. The van der Waals surface area contributed by atoms with E-state index in [1.165, 1.54) is 24.1 Å². The molecule has 0 radical (unpaired) electrons. The van der Waals surface area contributed by atoms with Crippen LogP contribution in [0.2, 0.25) is 0 Å². The Morgan fingerprint density at radius 3 is 2.41 bits per heavy atom. The number of aliphatic hydroxyl groups excluding tert-OH is 1. The van der Waals surface area contributed by atoms with E-state index in [2.05, 4.69) is 0 Å². The third-order valence-corrected chi connectivity index (χ3v) is 6.39. The highest BCUT2D eigenvalue weighted by Gasteiger charge is 2.66. The smallest absolute Gasteiger partial charge is 0.296 e. The number of fused-ring (bicyclic) bond motifs is 2. The van der Waals surface area contributed by atoms with E-state index in [0.717, 1.165) is 25.0 Å². The molecule has 1 atom stereocenters. The number of likely N-dealkylation sites (tertiary alicyclic amines) is 1. The number of halogens is 1. The van der Waals surface area contributed by atoms with Crippen LogP contribution in [0.1, 0.15) is 37.3 Å². The van der Waals surface area contributed by atoms with Gasteiger partial charge in [0, 0.05) is 37.9 Å². The molecule has 1 fully saturated rings. The van der Waals surface area contributed by atoms with Crippen LogP contribution in [-0.2, 0) is 24.7 Å². The molecule has 4 rings (SSSR count). The molecule has 0 aromatic heterocycles. The van der Waals surface area contributed by atoms with Crippen molar-refractivity contribution >= 4 is 29.0 Å². The maximum absolute atomic E-state index is 14.2. The molecule has 1 N–H and O–H groups in total. The number of aliphatic hydroxyl groups is 1. The lowest BCUT2D eigenvalue weighted by atomic mass is 9.82. The van der Waals surface area contributed by atoms with Crippen LogP contribution in [0.5, 0.6) is 0 Å². The Kier molecular flexibility index (Phi) is 6.52. The van der Waals surface area contributed by atoms with Crippen LogP contribution in [0.4, 0.5) is 10.1 Å². The first-order chi connectivity index (χ1) is 16.4. The molecule has 2 aliphatic heterocycles. The van der Waals surface area contributed by atoms with Gasteiger partial charge in [0.05, 0.1) is 11.3 Å². The van der Waals surface area contributed by atoms with Gasteiger partial charge in [-0.1, -0.05) is 31.5 Å². The van der Waals surface area contributed by atoms with Gasteiger partial charge in [0.15, 0.2) is 5.54 Å². The quantitative estimate of drug-likeness (QED) is 0.278. The highest BCUT2D eigenvalue weighted by atomic mass is 19.1. The molecule has 2 aromatic carbocycles. The van der Waals surface area contributed by atoms with Crippen LogP contribution in [0, 0.1) is 5.82 Å². The first kappa shape index (κ1) is 23.6. The number of rotatable bonds is 8. The highest BCUT2D eigenvalue weighted by Crippen LogP contribution is 2.53. The summed E-state index contributed by atoms with van der Waals surface area (Å²) in [5.74, 6) is -3.28. The number of benzene rings is 2. The molecule has 1 saturated heterocycles. The van der Waals surface area contributed by atoms with Crippen molar-refractivity contribution in [3.05, 3.63) is 71.0 Å². The van der Waals surface area contributed by atoms with Gasteiger partial charge in [-0.2, -0.15) is 0 Å². The van der Waals surface area contributed by atoms with Crippen LogP contribution >= 0.6 is 0 Å². The summed E-state index contributed by atoms with van der Waals surface area (Å²) in [4.78, 5) is 43.7. The largest absolute Gasteiger partial charge is 0.507 e. The first-order valence-electron chi connectivity index (χ1n) is 11.4. The van der Waals surface area contributed by atoms with Gasteiger partial charge in [-0.3, -0.25) is 14.4 Å². The van der Waals surface area contributed by atoms with E-state index in [1.54, 1.807) is 29.2 Å². The Labute approximate surface area is 197 Å². The molecular weight excluding hydrogens is 439 g/mol. The van der Waals surface area contributed by atoms with E-state index < -0.39 is 34.7 Å². The Morgan fingerprint density at radius 1 is 1.03 bits per heavy atom. The number of carbonyl (C=O) groups is 3. The van der Waals surface area contributed by atoms with Crippen LogP contribution < -0.4 is 4.90 Å². The van der Waals surface area contributed by atoms with E-state index in [4.69, 9.17) is 4.74 Å². The number of carbonyl (C=O) groups excluding carboxylic acids is 3. The van der Waals surface area contributed by atoms with Crippen molar-refractivity contribution in [2.75, 3.05) is 31.7 Å². The minimum atomic E-state index is -1.80. The molecule has 0 saturated carbocycles. The Bertz CT molecular complexity index is 1160. The number of methoxy groups -OCH3 is 1. The van der Waals surface area contributed by atoms with Crippen molar-refractivity contribution in [2.45, 2.75) is 31.7 Å². The minimum Gasteiger partial charge on any atom is -0.507 e. The third kappa shape index (κ3) is 3.49. The number of anilines is 1. The summed E-state index contributed by atoms with van der Waals surface area (Å²) in [6.07, 6.45) is 1.97. The number of Topliss-reactive ketones (excluding diaryl/α,β-unsaturated/α-hetero) is 1. The number of hydrogen-bond acceptors (Lipinski definition) is 5. The number of nitrogens with zero attached hydrogens (tertiary/aromatic N) is 2. The van der Waals surface area contributed by atoms with Gasteiger partial charge < -0.3 is 19.6 Å². The SMILES string of the molecule is CCCCN1C(=O)C2(/C(=C(\O)c3ccc(F)cc3)C(=O)C(=O)N2CCCOC)c2ccccc21. The molecule has 2 aliphatic rings. The summed E-state index contributed by atoms with van der Waals surface area (Å²) in [7, 11) is 1.53. The lowest BCUT2D eigenvalue weighted by Crippen LogP contribution is -2.52. The normalized spacial score (nSPS) is 21.1. The van der Waals surface area contributed by atoms with Crippen LogP contribution in [0.25, 0.3) is 5.76 Å². The van der Waals surface area contributed by atoms with Gasteiger partial charge in [0.25, 0.3) is 17.6 Å². The molecule has 0 aliphatic carbocycles. The molecule has 1 spiro atoms. The summed E-state index contributed by atoms with van der Waals surface area (Å²) < 4.78 is 18.6. The monoisotopic (exact) mass is 466 g/mol. The fourth-order valence-electron chi connectivity index (χ4n) is 4.82. The topological polar surface area (TPSA) is 87.2 Å². The van der Waals surface area contributed by atoms with Crippen LogP contribution in [0.3, 0.4) is 0 Å². The molecule has 7 nitrogen and oxygen atoms in total. The van der Waals surface area contributed by atoms with Crippen molar-refractivity contribution in [3.63, 3.8) is 0 Å². The minimum absolute atomic E-state index is 0.0836. The second-order valence-electron chi connectivity index (χ2n) is 8.40. The average molecular weight is 467 g/mol. The molecule has 1 unspecified atom stereocenters. The number of para-hydroxylation sites is 1. The molecule has 2 heterocycles. The van der Waals surface area contributed by atoms with Crippen molar-refractivity contribution in [3.8, 4) is 0 Å². The summed E-state index contributed by atoms with van der Waals surface area (Å²) >= 11 is 0. The summed E-state index contributed by atoms with van der Waals surface area (Å²) in [5, 5.41) is 11.3. The molecular formula is C26H27FN2O5.